The van der Waals surface area contributed by atoms with Gasteiger partial charge in [0.1, 0.15) is 5.82 Å². The number of halogens is 1. The van der Waals surface area contributed by atoms with Crippen LogP contribution in [-0.4, -0.2) is 24.9 Å². The van der Waals surface area contributed by atoms with Crippen LogP contribution < -0.4 is 10.0 Å². The van der Waals surface area contributed by atoms with Crippen molar-refractivity contribution in [3.05, 3.63) is 82.9 Å². The number of aromatic nitrogens is 1. The van der Waals surface area contributed by atoms with Crippen molar-refractivity contribution in [2.24, 2.45) is 0 Å². The van der Waals surface area contributed by atoms with Crippen molar-refractivity contribution >= 4 is 15.9 Å². The predicted octanol–water partition coefficient (Wildman–Crippen LogP) is 3.85. The van der Waals surface area contributed by atoms with Gasteiger partial charge < -0.3 is 9.88 Å². The van der Waals surface area contributed by atoms with E-state index in [1.54, 1.807) is 50.2 Å². The summed E-state index contributed by atoms with van der Waals surface area (Å²) in [6, 6.07) is 14.1. The number of sulfonamides is 1. The van der Waals surface area contributed by atoms with Gasteiger partial charge in [-0.15, -0.1) is 0 Å². The average Bonchev–Trinajstić information content (AvgIpc) is 3.00. The number of rotatable bonds is 7. The van der Waals surface area contributed by atoms with Crippen LogP contribution in [0.1, 0.15) is 41.2 Å². The maximum atomic E-state index is 13.2. The highest BCUT2D eigenvalue weighted by atomic mass is 32.2. The monoisotopic (exact) mass is 443 g/mol. The Morgan fingerprint density at radius 2 is 1.74 bits per heavy atom. The Kier molecular flexibility index (Phi) is 6.62. The lowest BCUT2D eigenvalue weighted by Gasteiger charge is -2.12. The Labute approximate surface area is 182 Å². The molecule has 164 valence electrons. The summed E-state index contributed by atoms with van der Waals surface area (Å²) in [4.78, 5) is 13.0. The van der Waals surface area contributed by atoms with Crippen molar-refractivity contribution in [3.63, 3.8) is 0 Å². The molecule has 8 heteroatoms. The molecule has 0 spiro atoms. The van der Waals surface area contributed by atoms with E-state index in [9.17, 15) is 17.6 Å². The zero-order chi connectivity index (χ0) is 22.8. The molecule has 3 rings (SSSR count). The van der Waals surface area contributed by atoms with Crippen LogP contribution in [0.5, 0.6) is 0 Å². The van der Waals surface area contributed by atoms with Crippen molar-refractivity contribution in [2.75, 3.05) is 0 Å². The number of nitrogens with zero attached hydrogens (tertiary/aromatic N) is 1. The number of carbonyl (C=O) groups excluding carboxylic acids is 1. The molecule has 0 aliphatic carbocycles. The van der Waals surface area contributed by atoms with E-state index in [0.29, 0.717) is 11.1 Å². The van der Waals surface area contributed by atoms with Gasteiger partial charge in [-0.25, -0.2) is 17.5 Å². The van der Waals surface area contributed by atoms with Crippen LogP contribution in [0, 0.1) is 19.7 Å². The molecule has 6 nitrogen and oxygen atoms in total. The minimum atomic E-state index is -3.61. The molecule has 31 heavy (non-hydrogen) atoms. The lowest BCUT2D eigenvalue weighted by atomic mass is 10.2. The molecular formula is C23H26FN3O3S. The van der Waals surface area contributed by atoms with Gasteiger partial charge in [-0.3, -0.25) is 4.79 Å². The fraction of sp³-hybridized carbons (Fsp3) is 0.261. The fourth-order valence-corrected chi connectivity index (χ4v) is 4.78. The molecule has 1 heterocycles. The smallest absolute Gasteiger partial charge is 0.253 e. The summed E-state index contributed by atoms with van der Waals surface area (Å²) in [5, 5.41) is 2.85. The molecule has 0 atom stereocenters. The summed E-state index contributed by atoms with van der Waals surface area (Å²) in [7, 11) is -3.61. The van der Waals surface area contributed by atoms with Crippen LogP contribution in [-0.2, 0) is 16.6 Å². The molecule has 0 radical (unpaired) electrons. The standard InChI is InChI=1S/C23H26FN3O3S/c1-15(2)26-31(29,30)21-7-5-6-18(13-21)14-25-23(28)22-12-16(3)27(17(22)4)20-10-8-19(24)9-11-20/h5-13,15,26H,14H2,1-4H3,(H,25,28). The van der Waals surface area contributed by atoms with Crippen LogP contribution in [0.4, 0.5) is 4.39 Å². The van der Waals surface area contributed by atoms with E-state index in [2.05, 4.69) is 10.0 Å². The van der Waals surface area contributed by atoms with Gasteiger partial charge >= 0.3 is 0 Å². The molecular weight excluding hydrogens is 417 g/mol. The third kappa shape index (κ3) is 5.21. The molecule has 2 N–H and O–H groups in total. The maximum Gasteiger partial charge on any atom is 0.253 e. The first-order valence-electron chi connectivity index (χ1n) is 9.93. The Hall–Kier alpha value is -2.97. The molecule has 0 fully saturated rings. The molecule has 2 aromatic carbocycles. The van der Waals surface area contributed by atoms with Crippen molar-refractivity contribution < 1.29 is 17.6 Å². The number of carbonyl (C=O) groups is 1. The first kappa shape index (κ1) is 22.7. The Balaban J connectivity index is 1.77. The second-order valence-corrected chi connectivity index (χ2v) is 9.42. The van der Waals surface area contributed by atoms with E-state index in [-0.39, 0.29) is 29.2 Å². The van der Waals surface area contributed by atoms with Gasteiger partial charge in [-0.2, -0.15) is 0 Å². The lowest BCUT2D eigenvalue weighted by Crippen LogP contribution is -2.30. The van der Waals surface area contributed by atoms with Gasteiger partial charge in [0.2, 0.25) is 10.0 Å². The van der Waals surface area contributed by atoms with Crippen LogP contribution in [0.3, 0.4) is 0 Å². The highest BCUT2D eigenvalue weighted by molar-refractivity contribution is 7.89. The van der Waals surface area contributed by atoms with Gasteiger partial charge in [0.15, 0.2) is 0 Å². The topological polar surface area (TPSA) is 80.2 Å². The van der Waals surface area contributed by atoms with Gasteiger partial charge in [-0.1, -0.05) is 12.1 Å². The minimum Gasteiger partial charge on any atom is -0.348 e. The van der Waals surface area contributed by atoms with Crippen molar-refractivity contribution in [3.8, 4) is 5.69 Å². The van der Waals surface area contributed by atoms with Crippen molar-refractivity contribution in [1.82, 2.24) is 14.6 Å². The largest absolute Gasteiger partial charge is 0.348 e. The van der Waals surface area contributed by atoms with E-state index in [4.69, 9.17) is 0 Å². The van der Waals surface area contributed by atoms with Gasteiger partial charge in [0, 0.05) is 29.7 Å². The molecule has 0 aliphatic heterocycles. The molecule has 0 bridgehead atoms. The maximum absolute atomic E-state index is 13.2. The minimum absolute atomic E-state index is 0.155. The number of aryl methyl sites for hydroxylation is 1. The highest BCUT2D eigenvalue weighted by Gasteiger charge is 2.18. The first-order valence-corrected chi connectivity index (χ1v) is 11.4. The zero-order valence-corrected chi connectivity index (χ0v) is 18.8. The molecule has 0 saturated carbocycles. The third-order valence-corrected chi connectivity index (χ3v) is 6.47. The number of benzene rings is 2. The Morgan fingerprint density at radius 1 is 1.06 bits per heavy atom. The molecule has 0 saturated heterocycles. The summed E-state index contributed by atoms with van der Waals surface area (Å²) < 4.78 is 42.4. The number of amides is 1. The van der Waals surface area contributed by atoms with Crippen molar-refractivity contribution in [2.45, 2.75) is 45.2 Å². The Bertz CT molecular complexity index is 1200. The fourth-order valence-electron chi connectivity index (χ4n) is 3.46. The Morgan fingerprint density at radius 3 is 2.39 bits per heavy atom. The lowest BCUT2D eigenvalue weighted by molar-refractivity contribution is 0.0950. The number of nitrogens with one attached hydrogen (secondary N) is 2. The van der Waals surface area contributed by atoms with E-state index in [0.717, 1.165) is 17.1 Å². The number of hydrogen-bond acceptors (Lipinski definition) is 3. The van der Waals surface area contributed by atoms with Crippen LogP contribution >= 0.6 is 0 Å². The second kappa shape index (κ2) is 9.03. The number of hydrogen-bond donors (Lipinski definition) is 2. The summed E-state index contributed by atoms with van der Waals surface area (Å²) in [5.41, 5.74) is 3.53. The quantitative estimate of drug-likeness (QED) is 0.582. The van der Waals surface area contributed by atoms with Gasteiger partial charge in [0.05, 0.1) is 10.5 Å². The van der Waals surface area contributed by atoms with Crippen LogP contribution in [0.15, 0.2) is 59.5 Å². The first-order chi connectivity index (χ1) is 14.6. The van der Waals surface area contributed by atoms with Gasteiger partial charge in [-0.05, 0) is 75.7 Å². The molecule has 0 unspecified atom stereocenters. The summed E-state index contributed by atoms with van der Waals surface area (Å²) in [6.45, 7) is 7.40. The zero-order valence-electron chi connectivity index (χ0n) is 17.9. The molecule has 1 aromatic heterocycles. The normalized spacial score (nSPS) is 11.7. The predicted molar refractivity (Wildman–Crippen MR) is 118 cm³/mol. The highest BCUT2D eigenvalue weighted by Crippen LogP contribution is 2.21. The van der Waals surface area contributed by atoms with E-state index < -0.39 is 10.0 Å². The van der Waals surface area contributed by atoms with E-state index in [1.165, 1.54) is 18.2 Å². The molecule has 1 amide bonds. The van der Waals surface area contributed by atoms with Crippen molar-refractivity contribution in [1.29, 1.82) is 0 Å². The SMILES string of the molecule is Cc1cc(C(=O)NCc2cccc(S(=O)(=O)NC(C)C)c2)c(C)n1-c1ccc(F)cc1. The molecule has 3 aromatic rings. The van der Waals surface area contributed by atoms with Crippen LogP contribution in [0.2, 0.25) is 0 Å². The van der Waals surface area contributed by atoms with Gasteiger partial charge in [0.25, 0.3) is 5.91 Å². The summed E-state index contributed by atoms with van der Waals surface area (Å²) >= 11 is 0. The van der Waals surface area contributed by atoms with E-state index >= 15 is 0 Å². The third-order valence-electron chi connectivity index (χ3n) is 4.81. The van der Waals surface area contributed by atoms with Crippen LogP contribution in [0.25, 0.3) is 5.69 Å². The molecule has 0 aliphatic rings. The second-order valence-electron chi connectivity index (χ2n) is 7.70. The average molecular weight is 444 g/mol. The summed E-state index contributed by atoms with van der Waals surface area (Å²) in [5.74, 6) is -0.591. The summed E-state index contributed by atoms with van der Waals surface area (Å²) in [6.07, 6.45) is 0. The van der Waals surface area contributed by atoms with E-state index in [1.807, 2.05) is 18.4 Å².